The molecule has 80 valence electrons. The van der Waals surface area contributed by atoms with Crippen LogP contribution in [-0.2, 0) is 9.59 Å². The number of nitrogens with one attached hydrogen (secondary N) is 2. The van der Waals surface area contributed by atoms with Gasteiger partial charge in [-0.05, 0) is 24.6 Å². The van der Waals surface area contributed by atoms with Gasteiger partial charge in [0.1, 0.15) is 0 Å². The number of likely N-dealkylation sites (N-methyl/N-ethyl adjacent to an activating group) is 1. The van der Waals surface area contributed by atoms with E-state index < -0.39 is 11.8 Å². The normalized spacial score (nSPS) is 9.53. The minimum absolute atomic E-state index is 0.538. The van der Waals surface area contributed by atoms with Gasteiger partial charge in [-0.3, -0.25) is 9.59 Å². The van der Waals surface area contributed by atoms with Crippen LogP contribution in [0.5, 0.6) is 0 Å². The van der Waals surface area contributed by atoms with Crippen molar-refractivity contribution in [2.45, 2.75) is 6.92 Å². The van der Waals surface area contributed by atoms with Gasteiger partial charge in [-0.15, -0.1) is 0 Å². The Morgan fingerprint density at radius 1 is 1.27 bits per heavy atom. The minimum atomic E-state index is -0.706. The number of carbonyl (C=O) groups excluding carboxylic acids is 2. The fourth-order valence-corrected chi connectivity index (χ4v) is 1.21. The molecule has 1 aromatic carbocycles. The maximum absolute atomic E-state index is 11.2. The second kappa shape index (κ2) is 4.79. The molecule has 15 heavy (non-hydrogen) atoms. The SMILES string of the molecule is CNC(=O)C(=O)Nc1cccc(Cl)c1C. The molecule has 5 heteroatoms. The predicted molar refractivity (Wildman–Crippen MR) is 58.9 cm³/mol. The first-order chi connectivity index (χ1) is 7.06. The van der Waals surface area contributed by atoms with Crippen molar-refractivity contribution in [3.63, 3.8) is 0 Å². The number of halogens is 1. The van der Waals surface area contributed by atoms with Crippen molar-refractivity contribution >= 4 is 29.1 Å². The third-order valence-corrected chi connectivity index (χ3v) is 2.36. The average Bonchev–Trinajstić information content (AvgIpc) is 2.23. The van der Waals surface area contributed by atoms with Crippen LogP contribution in [0.2, 0.25) is 5.02 Å². The molecule has 0 heterocycles. The zero-order valence-electron chi connectivity index (χ0n) is 8.43. The summed E-state index contributed by atoms with van der Waals surface area (Å²) in [5, 5.41) is 5.25. The molecule has 0 aliphatic rings. The van der Waals surface area contributed by atoms with E-state index in [0.29, 0.717) is 10.7 Å². The van der Waals surface area contributed by atoms with Crippen LogP contribution in [0.1, 0.15) is 5.56 Å². The van der Waals surface area contributed by atoms with Crippen molar-refractivity contribution in [1.29, 1.82) is 0 Å². The first kappa shape index (κ1) is 11.5. The van der Waals surface area contributed by atoms with E-state index in [2.05, 4.69) is 10.6 Å². The van der Waals surface area contributed by atoms with Gasteiger partial charge >= 0.3 is 11.8 Å². The lowest BCUT2D eigenvalue weighted by molar-refractivity contribution is -0.135. The number of hydrogen-bond acceptors (Lipinski definition) is 2. The van der Waals surface area contributed by atoms with E-state index in [-0.39, 0.29) is 0 Å². The number of anilines is 1. The maximum atomic E-state index is 11.2. The summed E-state index contributed by atoms with van der Waals surface area (Å²) < 4.78 is 0. The molecular formula is C10H11ClN2O2. The van der Waals surface area contributed by atoms with Crippen LogP contribution in [0.25, 0.3) is 0 Å². The van der Waals surface area contributed by atoms with E-state index in [0.717, 1.165) is 5.56 Å². The molecule has 0 radical (unpaired) electrons. The molecular weight excluding hydrogens is 216 g/mol. The summed E-state index contributed by atoms with van der Waals surface area (Å²) >= 11 is 5.86. The van der Waals surface area contributed by atoms with Crippen molar-refractivity contribution < 1.29 is 9.59 Å². The summed E-state index contributed by atoms with van der Waals surface area (Å²) in [5.41, 5.74) is 1.27. The van der Waals surface area contributed by atoms with Gasteiger partial charge in [0.25, 0.3) is 0 Å². The lowest BCUT2D eigenvalue weighted by Crippen LogP contribution is -2.32. The summed E-state index contributed by atoms with van der Waals surface area (Å²) in [7, 11) is 1.40. The lowest BCUT2D eigenvalue weighted by Gasteiger charge is -2.08. The van der Waals surface area contributed by atoms with Crippen molar-refractivity contribution in [3.05, 3.63) is 28.8 Å². The first-order valence-electron chi connectivity index (χ1n) is 4.34. The van der Waals surface area contributed by atoms with Gasteiger partial charge in [-0.2, -0.15) is 0 Å². The summed E-state index contributed by atoms with van der Waals surface area (Å²) in [5.74, 6) is -1.39. The molecule has 2 amide bonds. The molecule has 0 atom stereocenters. The van der Waals surface area contributed by atoms with E-state index in [1.807, 2.05) is 0 Å². The van der Waals surface area contributed by atoms with Gasteiger partial charge in [0.15, 0.2) is 0 Å². The van der Waals surface area contributed by atoms with Gasteiger partial charge in [0, 0.05) is 17.8 Å². The molecule has 0 aliphatic heterocycles. The number of amides is 2. The minimum Gasteiger partial charge on any atom is -0.351 e. The van der Waals surface area contributed by atoms with Crippen molar-refractivity contribution in [1.82, 2.24) is 5.32 Å². The van der Waals surface area contributed by atoms with Gasteiger partial charge < -0.3 is 10.6 Å². The van der Waals surface area contributed by atoms with Crippen LogP contribution in [-0.4, -0.2) is 18.9 Å². The zero-order chi connectivity index (χ0) is 11.4. The monoisotopic (exact) mass is 226 g/mol. The van der Waals surface area contributed by atoms with E-state index in [1.54, 1.807) is 25.1 Å². The molecule has 0 saturated carbocycles. The Kier molecular flexibility index (Phi) is 3.68. The summed E-state index contributed by atoms with van der Waals surface area (Å²) in [6, 6.07) is 5.10. The number of benzene rings is 1. The van der Waals surface area contributed by atoms with Crippen LogP contribution in [0.3, 0.4) is 0 Å². The maximum Gasteiger partial charge on any atom is 0.313 e. The fourth-order valence-electron chi connectivity index (χ4n) is 1.04. The van der Waals surface area contributed by atoms with Crippen LogP contribution in [0.15, 0.2) is 18.2 Å². The highest BCUT2D eigenvalue weighted by molar-refractivity contribution is 6.40. The molecule has 0 unspecified atom stereocenters. The van der Waals surface area contributed by atoms with E-state index >= 15 is 0 Å². The zero-order valence-corrected chi connectivity index (χ0v) is 9.18. The van der Waals surface area contributed by atoms with Crippen LogP contribution < -0.4 is 10.6 Å². The molecule has 0 aliphatic carbocycles. The molecule has 0 saturated heterocycles. The largest absolute Gasteiger partial charge is 0.351 e. The van der Waals surface area contributed by atoms with Gasteiger partial charge in [0.05, 0.1) is 0 Å². The van der Waals surface area contributed by atoms with Crippen LogP contribution in [0, 0.1) is 6.92 Å². The third kappa shape index (κ3) is 2.70. The smallest absolute Gasteiger partial charge is 0.313 e. The van der Waals surface area contributed by atoms with Gasteiger partial charge in [-0.25, -0.2) is 0 Å². The highest BCUT2D eigenvalue weighted by Gasteiger charge is 2.12. The second-order valence-electron chi connectivity index (χ2n) is 2.95. The Hall–Kier alpha value is -1.55. The molecule has 4 nitrogen and oxygen atoms in total. The Balaban J connectivity index is 2.86. The second-order valence-corrected chi connectivity index (χ2v) is 3.35. The first-order valence-corrected chi connectivity index (χ1v) is 4.72. The number of carbonyl (C=O) groups is 2. The fraction of sp³-hybridized carbons (Fsp3) is 0.200. The highest BCUT2D eigenvalue weighted by Crippen LogP contribution is 2.22. The molecule has 0 spiro atoms. The third-order valence-electron chi connectivity index (χ3n) is 1.95. The average molecular weight is 227 g/mol. The van der Waals surface area contributed by atoms with Crippen molar-refractivity contribution in [3.8, 4) is 0 Å². The quantitative estimate of drug-likeness (QED) is 0.710. The Morgan fingerprint density at radius 3 is 2.53 bits per heavy atom. The number of rotatable bonds is 1. The number of hydrogen-bond donors (Lipinski definition) is 2. The predicted octanol–water partition coefficient (Wildman–Crippen LogP) is 1.33. The standard InChI is InChI=1S/C10H11ClN2O2/c1-6-7(11)4-3-5-8(6)13-10(15)9(14)12-2/h3-5H,1-2H3,(H,12,14)(H,13,15). The Labute approximate surface area is 92.6 Å². The summed E-state index contributed by atoms with van der Waals surface area (Å²) in [6.07, 6.45) is 0. The van der Waals surface area contributed by atoms with Crippen molar-refractivity contribution in [2.75, 3.05) is 12.4 Å². The van der Waals surface area contributed by atoms with E-state index in [9.17, 15) is 9.59 Å². The molecule has 2 N–H and O–H groups in total. The molecule has 1 aromatic rings. The van der Waals surface area contributed by atoms with Gasteiger partial charge in [-0.1, -0.05) is 17.7 Å². The molecule has 0 aromatic heterocycles. The highest BCUT2D eigenvalue weighted by atomic mass is 35.5. The molecule has 0 fully saturated rings. The Morgan fingerprint density at radius 2 is 1.93 bits per heavy atom. The molecule has 1 rings (SSSR count). The van der Waals surface area contributed by atoms with E-state index in [1.165, 1.54) is 7.05 Å². The van der Waals surface area contributed by atoms with E-state index in [4.69, 9.17) is 11.6 Å². The lowest BCUT2D eigenvalue weighted by atomic mass is 10.2. The topological polar surface area (TPSA) is 58.2 Å². The van der Waals surface area contributed by atoms with Crippen LogP contribution in [0.4, 0.5) is 5.69 Å². The van der Waals surface area contributed by atoms with Gasteiger partial charge in [0.2, 0.25) is 0 Å². The summed E-state index contributed by atoms with van der Waals surface area (Å²) in [6.45, 7) is 1.77. The Bertz CT molecular complexity index is 404. The summed E-state index contributed by atoms with van der Waals surface area (Å²) in [4.78, 5) is 22.2. The van der Waals surface area contributed by atoms with Crippen molar-refractivity contribution in [2.24, 2.45) is 0 Å². The molecule has 0 bridgehead atoms. The van der Waals surface area contributed by atoms with Crippen LogP contribution >= 0.6 is 11.6 Å².